The minimum atomic E-state index is -0.269. The van der Waals surface area contributed by atoms with Crippen molar-refractivity contribution in [2.45, 2.75) is 27.3 Å². The van der Waals surface area contributed by atoms with Gasteiger partial charge in [-0.15, -0.1) is 0 Å². The van der Waals surface area contributed by atoms with E-state index in [2.05, 4.69) is 29.7 Å². The van der Waals surface area contributed by atoms with Gasteiger partial charge in [-0.3, -0.25) is 4.79 Å². The average Bonchev–Trinajstić information content (AvgIpc) is 2.72. The van der Waals surface area contributed by atoms with Crippen molar-refractivity contribution in [1.29, 1.82) is 0 Å². The molecule has 1 amide bonds. The zero-order valence-electron chi connectivity index (χ0n) is 18.0. The number of benzene rings is 3. The number of rotatable bonds is 9. The lowest BCUT2D eigenvalue weighted by Gasteiger charge is -2.16. The summed E-state index contributed by atoms with van der Waals surface area (Å²) < 4.78 is 11.5. The number of carbonyl (C=O) groups excluding carboxylic acids is 1. The van der Waals surface area contributed by atoms with E-state index in [0.29, 0.717) is 29.7 Å². The van der Waals surface area contributed by atoms with Crippen LogP contribution in [0.2, 0.25) is 5.02 Å². The van der Waals surface area contributed by atoms with Crippen molar-refractivity contribution in [2.75, 3.05) is 23.8 Å². The lowest BCUT2D eigenvalue weighted by atomic mass is 10.1. The Balaban J connectivity index is 1.67. The van der Waals surface area contributed by atoms with Gasteiger partial charge in [-0.25, -0.2) is 0 Å². The molecule has 0 saturated heterocycles. The van der Waals surface area contributed by atoms with Gasteiger partial charge in [0.2, 0.25) is 0 Å². The largest absolute Gasteiger partial charge is 0.490 e. The fourth-order valence-electron chi connectivity index (χ4n) is 3.14. The Morgan fingerprint density at radius 3 is 2.29 bits per heavy atom. The van der Waals surface area contributed by atoms with Crippen molar-refractivity contribution in [1.82, 2.24) is 0 Å². The van der Waals surface area contributed by atoms with Crippen LogP contribution in [0, 0.1) is 13.8 Å². The van der Waals surface area contributed by atoms with Crippen LogP contribution in [0.4, 0.5) is 11.4 Å². The fourth-order valence-corrected chi connectivity index (χ4v) is 3.43. The molecule has 3 aromatic rings. The van der Waals surface area contributed by atoms with Gasteiger partial charge in [0, 0.05) is 17.9 Å². The molecule has 0 bridgehead atoms. The number of halogens is 1. The molecule has 3 rings (SSSR count). The molecule has 2 N–H and O–H groups in total. The molecule has 5 nitrogen and oxygen atoms in total. The quantitative estimate of drug-likeness (QED) is 0.431. The van der Waals surface area contributed by atoms with E-state index in [1.165, 1.54) is 5.56 Å². The zero-order chi connectivity index (χ0) is 22.2. The molecule has 0 unspecified atom stereocenters. The Bertz CT molecular complexity index is 1050. The fraction of sp³-hybridized carbons (Fsp3) is 0.240. The first-order valence-electron chi connectivity index (χ1n) is 10.2. The van der Waals surface area contributed by atoms with Crippen molar-refractivity contribution in [3.63, 3.8) is 0 Å². The number of amides is 1. The Labute approximate surface area is 188 Å². The smallest absolute Gasteiger partial charge is 0.262 e. The van der Waals surface area contributed by atoms with Crippen molar-refractivity contribution in [3.8, 4) is 11.5 Å². The molecule has 0 spiro atoms. The summed E-state index contributed by atoms with van der Waals surface area (Å²) in [6.45, 7) is 6.77. The van der Waals surface area contributed by atoms with E-state index in [1.54, 1.807) is 0 Å². The summed E-state index contributed by atoms with van der Waals surface area (Å²) in [5, 5.41) is 6.60. The normalized spacial score (nSPS) is 10.5. The standard InChI is InChI=1S/C25H27ClN2O3/c1-4-30-23-14-19(15-27-20-9-5-7-17(2)11-20)13-22(26)25(23)31-16-24(29)28-21-10-6-8-18(3)12-21/h5-14,27H,4,15-16H2,1-3H3,(H,28,29). The predicted octanol–water partition coefficient (Wildman–Crippen LogP) is 5.99. The molecule has 162 valence electrons. The van der Waals surface area contributed by atoms with Crippen LogP contribution in [0.1, 0.15) is 23.6 Å². The SMILES string of the molecule is CCOc1cc(CNc2cccc(C)c2)cc(Cl)c1OCC(=O)Nc1cccc(C)c1. The molecule has 0 aliphatic rings. The average molecular weight is 439 g/mol. The monoisotopic (exact) mass is 438 g/mol. The second-order valence-electron chi connectivity index (χ2n) is 7.27. The Kier molecular flexibility index (Phi) is 7.79. The molecule has 0 saturated carbocycles. The second kappa shape index (κ2) is 10.7. The van der Waals surface area contributed by atoms with Crippen LogP contribution in [0.3, 0.4) is 0 Å². The third-order valence-corrected chi connectivity index (χ3v) is 4.81. The van der Waals surface area contributed by atoms with Gasteiger partial charge in [-0.2, -0.15) is 0 Å². The molecule has 6 heteroatoms. The molecule has 0 heterocycles. The van der Waals surface area contributed by atoms with Gasteiger partial charge in [-0.05, 0) is 73.9 Å². The number of aryl methyl sites for hydroxylation is 2. The number of carbonyl (C=O) groups is 1. The molecule has 0 aliphatic heterocycles. The third kappa shape index (κ3) is 6.66. The lowest BCUT2D eigenvalue weighted by molar-refractivity contribution is -0.118. The Hall–Kier alpha value is -3.18. The van der Waals surface area contributed by atoms with Crippen LogP contribution in [-0.4, -0.2) is 19.1 Å². The summed E-state index contributed by atoms with van der Waals surface area (Å²) in [7, 11) is 0. The van der Waals surface area contributed by atoms with E-state index in [0.717, 1.165) is 22.5 Å². The van der Waals surface area contributed by atoms with Crippen molar-refractivity contribution in [2.24, 2.45) is 0 Å². The van der Waals surface area contributed by atoms with Gasteiger partial charge < -0.3 is 20.1 Å². The van der Waals surface area contributed by atoms with Crippen LogP contribution < -0.4 is 20.1 Å². The maximum absolute atomic E-state index is 12.3. The van der Waals surface area contributed by atoms with Crippen molar-refractivity contribution < 1.29 is 14.3 Å². The van der Waals surface area contributed by atoms with Gasteiger partial charge in [0.15, 0.2) is 18.1 Å². The first-order valence-corrected chi connectivity index (χ1v) is 10.6. The maximum atomic E-state index is 12.3. The summed E-state index contributed by atoms with van der Waals surface area (Å²) in [5.41, 5.74) is 4.96. The number of nitrogens with one attached hydrogen (secondary N) is 2. The van der Waals surface area contributed by atoms with E-state index in [4.69, 9.17) is 21.1 Å². The molecule has 31 heavy (non-hydrogen) atoms. The summed E-state index contributed by atoms with van der Waals surface area (Å²) >= 11 is 6.48. The van der Waals surface area contributed by atoms with Crippen LogP contribution >= 0.6 is 11.6 Å². The summed E-state index contributed by atoms with van der Waals surface area (Å²) in [4.78, 5) is 12.3. The maximum Gasteiger partial charge on any atom is 0.262 e. The molecular weight excluding hydrogens is 412 g/mol. The van der Waals surface area contributed by atoms with Gasteiger partial charge in [0.1, 0.15) is 0 Å². The Morgan fingerprint density at radius 1 is 0.935 bits per heavy atom. The summed E-state index contributed by atoms with van der Waals surface area (Å²) in [6, 6.07) is 19.4. The molecule has 0 fully saturated rings. The molecule has 0 aromatic heterocycles. The molecule has 0 radical (unpaired) electrons. The highest BCUT2D eigenvalue weighted by molar-refractivity contribution is 6.32. The van der Waals surface area contributed by atoms with Gasteiger partial charge in [-0.1, -0.05) is 35.9 Å². The van der Waals surface area contributed by atoms with Gasteiger partial charge in [0.25, 0.3) is 5.91 Å². The third-order valence-electron chi connectivity index (χ3n) is 4.53. The highest BCUT2D eigenvalue weighted by Crippen LogP contribution is 2.37. The van der Waals surface area contributed by atoms with Crippen LogP contribution in [-0.2, 0) is 11.3 Å². The Morgan fingerprint density at radius 2 is 1.61 bits per heavy atom. The van der Waals surface area contributed by atoms with Crippen LogP contribution in [0.5, 0.6) is 11.5 Å². The van der Waals surface area contributed by atoms with Gasteiger partial charge in [0.05, 0.1) is 11.6 Å². The van der Waals surface area contributed by atoms with E-state index in [-0.39, 0.29) is 12.5 Å². The predicted molar refractivity (Wildman–Crippen MR) is 126 cm³/mol. The number of anilines is 2. The number of hydrogen-bond acceptors (Lipinski definition) is 4. The van der Waals surface area contributed by atoms with E-state index < -0.39 is 0 Å². The minimum Gasteiger partial charge on any atom is -0.490 e. The molecule has 3 aromatic carbocycles. The van der Waals surface area contributed by atoms with E-state index in [1.807, 2.05) is 62.4 Å². The topological polar surface area (TPSA) is 59.6 Å². The lowest BCUT2D eigenvalue weighted by Crippen LogP contribution is -2.20. The van der Waals surface area contributed by atoms with Crippen molar-refractivity contribution >= 4 is 28.9 Å². The number of ether oxygens (including phenoxy) is 2. The molecular formula is C25H27ClN2O3. The number of hydrogen-bond donors (Lipinski definition) is 2. The first-order chi connectivity index (χ1) is 14.9. The summed E-state index contributed by atoms with van der Waals surface area (Å²) in [6.07, 6.45) is 0. The van der Waals surface area contributed by atoms with E-state index in [9.17, 15) is 4.79 Å². The highest BCUT2D eigenvalue weighted by Gasteiger charge is 2.15. The molecule has 0 atom stereocenters. The second-order valence-corrected chi connectivity index (χ2v) is 7.67. The first kappa shape index (κ1) is 22.5. The molecule has 0 aliphatic carbocycles. The van der Waals surface area contributed by atoms with E-state index >= 15 is 0 Å². The summed E-state index contributed by atoms with van der Waals surface area (Å²) in [5.74, 6) is 0.607. The minimum absolute atomic E-state index is 0.172. The highest BCUT2D eigenvalue weighted by atomic mass is 35.5. The van der Waals surface area contributed by atoms with Gasteiger partial charge >= 0.3 is 0 Å². The zero-order valence-corrected chi connectivity index (χ0v) is 18.8. The van der Waals surface area contributed by atoms with Crippen LogP contribution in [0.25, 0.3) is 0 Å². The van der Waals surface area contributed by atoms with Crippen LogP contribution in [0.15, 0.2) is 60.7 Å². The van der Waals surface area contributed by atoms with Crippen molar-refractivity contribution in [3.05, 3.63) is 82.4 Å².